The zero-order chi connectivity index (χ0) is 22.8. The number of hydrogen-bond donors (Lipinski definition) is 3. The quantitative estimate of drug-likeness (QED) is 0.433. The van der Waals surface area contributed by atoms with Crippen LogP contribution in [0.5, 0.6) is 5.75 Å². The van der Waals surface area contributed by atoms with Crippen LogP contribution >= 0.6 is 0 Å². The summed E-state index contributed by atoms with van der Waals surface area (Å²) >= 11 is 0. The summed E-state index contributed by atoms with van der Waals surface area (Å²) in [5.41, 5.74) is 2.63. The standard InChI is InChI=1S/C24H31N5O3/c1-3-25-24(28-16-20-7-5-6-8-21(20)32-4-2)27-15-18-9-11-19(12-10-18)23(31)29-14-13-26-22(30)17-29/h5-12H,3-4,13-17H2,1-2H3,(H,26,30)(H2,25,27,28). The maximum absolute atomic E-state index is 12.6. The fourth-order valence-electron chi connectivity index (χ4n) is 3.38. The number of amides is 2. The van der Waals surface area contributed by atoms with Crippen molar-refractivity contribution in [2.24, 2.45) is 4.99 Å². The maximum atomic E-state index is 12.6. The minimum Gasteiger partial charge on any atom is -0.494 e. The number of piperazine rings is 1. The summed E-state index contributed by atoms with van der Waals surface area (Å²) in [6, 6.07) is 15.3. The highest BCUT2D eigenvalue weighted by atomic mass is 16.5. The molecule has 8 heteroatoms. The van der Waals surface area contributed by atoms with Gasteiger partial charge in [0.05, 0.1) is 19.7 Å². The molecule has 2 aromatic carbocycles. The van der Waals surface area contributed by atoms with E-state index in [1.165, 1.54) is 0 Å². The van der Waals surface area contributed by atoms with Crippen molar-refractivity contribution in [1.82, 2.24) is 20.9 Å². The Bertz CT molecular complexity index is 943. The van der Waals surface area contributed by atoms with Crippen LogP contribution in [0.15, 0.2) is 53.5 Å². The monoisotopic (exact) mass is 437 g/mol. The molecule has 3 rings (SSSR count). The van der Waals surface area contributed by atoms with Crippen LogP contribution in [0.1, 0.15) is 35.3 Å². The summed E-state index contributed by atoms with van der Waals surface area (Å²) in [6.45, 7) is 7.55. The topological polar surface area (TPSA) is 95.1 Å². The van der Waals surface area contributed by atoms with Gasteiger partial charge < -0.3 is 25.6 Å². The van der Waals surface area contributed by atoms with Crippen molar-refractivity contribution in [2.75, 3.05) is 32.8 Å². The summed E-state index contributed by atoms with van der Waals surface area (Å²) in [5.74, 6) is 1.32. The Balaban J connectivity index is 1.60. The van der Waals surface area contributed by atoms with E-state index in [4.69, 9.17) is 4.74 Å². The average Bonchev–Trinajstić information content (AvgIpc) is 2.82. The largest absolute Gasteiger partial charge is 0.494 e. The van der Waals surface area contributed by atoms with Gasteiger partial charge in [-0.15, -0.1) is 0 Å². The molecule has 0 bridgehead atoms. The number of rotatable bonds is 8. The van der Waals surface area contributed by atoms with Crippen molar-refractivity contribution < 1.29 is 14.3 Å². The summed E-state index contributed by atoms with van der Waals surface area (Å²) < 4.78 is 5.69. The van der Waals surface area contributed by atoms with Gasteiger partial charge in [-0.25, -0.2) is 4.99 Å². The van der Waals surface area contributed by atoms with Crippen LogP contribution in [-0.4, -0.2) is 55.5 Å². The molecule has 170 valence electrons. The minimum absolute atomic E-state index is 0.106. The maximum Gasteiger partial charge on any atom is 0.254 e. The number of carbonyl (C=O) groups excluding carboxylic acids is 2. The van der Waals surface area contributed by atoms with Gasteiger partial charge in [-0.2, -0.15) is 0 Å². The first kappa shape index (κ1) is 23.1. The number of hydrogen-bond acceptors (Lipinski definition) is 4. The Morgan fingerprint density at radius 1 is 1.12 bits per heavy atom. The highest BCUT2D eigenvalue weighted by molar-refractivity contribution is 5.97. The fraction of sp³-hybridized carbons (Fsp3) is 0.375. The molecular formula is C24H31N5O3. The van der Waals surface area contributed by atoms with E-state index in [0.29, 0.717) is 44.3 Å². The number of benzene rings is 2. The van der Waals surface area contributed by atoms with Gasteiger partial charge in [0.1, 0.15) is 5.75 Å². The van der Waals surface area contributed by atoms with E-state index in [0.717, 1.165) is 23.4 Å². The smallest absolute Gasteiger partial charge is 0.254 e. The van der Waals surface area contributed by atoms with E-state index in [1.54, 1.807) is 17.0 Å². The van der Waals surface area contributed by atoms with Gasteiger partial charge in [0.15, 0.2) is 5.96 Å². The number of aliphatic imine (C=N–C) groups is 1. The second kappa shape index (κ2) is 11.7. The van der Waals surface area contributed by atoms with E-state index in [-0.39, 0.29) is 18.4 Å². The molecule has 2 aromatic rings. The van der Waals surface area contributed by atoms with Crippen LogP contribution in [0.3, 0.4) is 0 Å². The molecule has 0 spiro atoms. The van der Waals surface area contributed by atoms with Gasteiger partial charge >= 0.3 is 0 Å². The van der Waals surface area contributed by atoms with Crippen molar-refractivity contribution in [3.05, 3.63) is 65.2 Å². The molecule has 0 aliphatic carbocycles. The van der Waals surface area contributed by atoms with Crippen molar-refractivity contribution in [2.45, 2.75) is 26.9 Å². The molecule has 0 saturated carbocycles. The van der Waals surface area contributed by atoms with E-state index in [9.17, 15) is 9.59 Å². The van der Waals surface area contributed by atoms with Crippen molar-refractivity contribution >= 4 is 17.8 Å². The Morgan fingerprint density at radius 3 is 2.62 bits per heavy atom. The number of guanidine groups is 1. The van der Waals surface area contributed by atoms with E-state index >= 15 is 0 Å². The molecule has 0 radical (unpaired) electrons. The molecule has 1 aliphatic rings. The highest BCUT2D eigenvalue weighted by Crippen LogP contribution is 2.17. The van der Waals surface area contributed by atoms with Gasteiger partial charge in [0.25, 0.3) is 5.91 Å². The molecular weight excluding hydrogens is 406 g/mol. The minimum atomic E-state index is -0.127. The molecule has 32 heavy (non-hydrogen) atoms. The van der Waals surface area contributed by atoms with Crippen molar-refractivity contribution in [1.29, 1.82) is 0 Å². The summed E-state index contributed by atoms with van der Waals surface area (Å²) in [5, 5.41) is 9.32. The lowest BCUT2D eigenvalue weighted by Crippen LogP contribution is -2.49. The third-order valence-corrected chi connectivity index (χ3v) is 5.01. The molecule has 1 fully saturated rings. The molecule has 1 saturated heterocycles. The first-order chi connectivity index (χ1) is 15.6. The fourth-order valence-corrected chi connectivity index (χ4v) is 3.38. The second-order valence-electron chi connectivity index (χ2n) is 7.36. The summed E-state index contributed by atoms with van der Waals surface area (Å²) in [7, 11) is 0. The lowest BCUT2D eigenvalue weighted by Gasteiger charge is -2.26. The lowest BCUT2D eigenvalue weighted by molar-refractivity contribution is -0.123. The van der Waals surface area contributed by atoms with Crippen molar-refractivity contribution in [3.8, 4) is 5.75 Å². The summed E-state index contributed by atoms with van der Waals surface area (Å²) in [4.78, 5) is 30.3. The van der Waals surface area contributed by atoms with Crippen molar-refractivity contribution in [3.63, 3.8) is 0 Å². The molecule has 1 aliphatic heterocycles. The van der Waals surface area contributed by atoms with Crippen LogP contribution in [0, 0.1) is 0 Å². The van der Waals surface area contributed by atoms with Crippen LogP contribution < -0.4 is 20.7 Å². The Morgan fingerprint density at radius 2 is 1.91 bits per heavy atom. The number of ether oxygens (including phenoxy) is 1. The summed E-state index contributed by atoms with van der Waals surface area (Å²) in [6.07, 6.45) is 0. The number of carbonyl (C=O) groups is 2. The molecule has 0 atom stereocenters. The van der Waals surface area contributed by atoms with Crippen LogP contribution in [-0.2, 0) is 17.9 Å². The number of nitrogens with zero attached hydrogens (tertiary/aromatic N) is 2. The zero-order valence-corrected chi connectivity index (χ0v) is 18.7. The molecule has 1 heterocycles. The molecule has 0 aromatic heterocycles. The Labute approximate surface area is 189 Å². The third kappa shape index (κ3) is 6.47. The van der Waals surface area contributed by atoms with Gasteiger partial charge in [0.2, 0.25) is 5.91 Å². The Hall–Kier alpha value is -3.55. The van der Waals surface area contributed by atoms with E-state index in [1.807, 2.05) is 50.2 Å². The van der Waals surface area contributed by atoms with Gasteiger partial charge in [-0.3, -0.25) is 9.59 Å². The first-order valence-corrected chi connectivity index (χ1v) is 11.0. The van der Waals surface area contributed by atoms with Crippen LogP contribution in [0.4, 0.5) is 0 Å². The zero-order valence-electron chi connectivity index (χ0n) is 18.7. The molecule has 3 N–H and O–H groups in total. The average molecular weight is 438 g/mol. The third-order valence-electron chi connectivity index (χ3n) is 5.01. The van der Waals surface area contributed by atoms with Gasteiger partial charge in [-0.1, -0.05) is 30.3 Å². The lowest BCUT2D eigenvalue weighted by atomic mass is 10.1. The first-order valence-electron chi connectivity index (χ1n) is 11.0. The predicted octanol–water partition coefficient (Wildman–Crippen LogP) is 1.91. The van der Waals surface area contributed by atoms with E-state index in [2.05, 4.69) is 20.9 Å². The number of para-hydroxylation sites is 1. The normalized spacial score (nSPS) is 14.0. The SMILES string of the molecule is CCNC(=NCc1ccc(C(=O)N2CCNC(=O)C2)cc1)NCc1ccccc1OCC. The second-order valence-corrected chi connectivity index (χ2v) is 7.36. The molecule has 0 unspecified atom stereocenters. The number of nitrogens with one attached hydrogen (secondary N) is 3. The van der Waals surface area contributed by atoms with Gasteiger partial charge in [-0.05, 0) is 37.6 Å². The Kier molecular flexibility index (Phi) is 8.48. The van der Waals surface area contributed by atoms with Gasteiger partial charge in [0, 0.05) is 37.3 Å². The van der Waals surface area contributed by atoms with E-state index < -0.39 is 0 Å². The van der Waals surface area contributed by atoms with Crippen LogP contribution in [0.25, 0.3) is 0 Å². The molecule has 2 amide bonds. The predicted molar refractivity (Wildman–Crippen MR) is 125 cm³/mol. The highest BCUT2D eigenvalue weighted by Gasteiger charge is 2.22. The molecule has 8 nitrogen and oxygen atoms in total. The van der Waals surface area contributed by atoms with Crippen LogP contribution in [0.2, 0.25) is 0 Å².